The molecule has 0 bridgehead atoms. The minimum Gasteiger partial charge on any atom is -0.508 e. The van der Waals surface area contributed by atoms with E-state index in [0.717, 1.165) is 0 Å². The molecular formula is C26H26N2O8. The molecule has 0 saturated heterocycles. The summed E-state index contributed by atoms with van der Waals surface area (Å²) >= 11 is 0. The number of benzene rings is 2. The fourth-order valence-electron chi connectivity index (χ4n) is 4.80. The van der Waals surface area contributed by atoms with Crippen LogP contribution in [0.15, 0.2) is 36.4 Å². The maximum atomic E-state index is 11.9. The number of aromatic hydroxyl groups is 2. The van der Waals surface area contributed by atoms with Crippen molar-refractivity contribution in [1.29, 1.82) is 0 Å². The third-order valence-electron chi connectivity index (χ3n) is 6.82. The Morgan fingerprint density at radius 2 is 0.944 bits per heavy atom. The summed E-state index contributed by atoms with van der Waals surface area (Å²) < 4.78 is 0. The Balaban J connectivity index is 0.000000190. The van der Waals surface area contributed by atoms with E-state index in [1.807, 2.05) is 0 Å². The first-order chi connectivity index (χ1) is 15.9. The molecule has 2 heterocycles. The molecule has 0 atom stereocenters. The summed E-state index contributed by atoms with van der Waals surface area (Å²) in [6.07, 6.45) is 0. The summed E-state index contributed by atoms with van der Waals surface area (Å²) in [5, 5.41) is 20.2. The molecule has 2 aliphatic carbocycles. The van der Waals surface area contributed by atoms with Crippen molar-refractivity contribution in [3.63, 3.8) is 0 Å². The molecule has 0 fully saturated rings. The Hall–Kier alpha value is -4.28. The Kier molecular flexibility index (Phi) is 5.96. The number of hydrogen-bond acceptors (Lipinski definition) is 6. The highest BCUT2D eigenvalue weighted by Crippen LogP contribution is 2.41. The average molecular weight is 495 g/mol. The topological polar surface area (TPSA) is 203 Å². The molecular weight excluding hydrogens is 468 g/mol. The van der Waals surface area contributed by atoms with E-state index in [2.05, 4.69) is 9.97 Å². The summed E-state index contributed by atoms with van der Waals surface area (Å²) in [5.74, 6) is -1.38. The second kappa shape index (κ2) is 8.14. The van der Waals surface area contributed by atoms with Gasteiger partial charge in [0.05, 0.1) is 33.0 Å². The number of ketones is 4. The summed E-state index contributed by atoms with van der Waals surface area (Å²) in [6.45, 7) is 6.92. The molecule has 188 valence electrons. The molecule has 0 radical (unpaired) electrons. The third kappa shape index (κ3) is 3.34. The van der Waals surface area contributed by atoms with E-state index >= 15 is 0 Å². The van der Waals surface area contributed by atoms with E-state index in [4.69, 9.17) is 0 Å². The van der Waals surface area contributed by atoms with Gasteiger partial charge < -0.3 is 31.1 Å². The highest BCUT2D eigenvalue weighted by molar-refractivity contribution is 6.52. The Morgan fingerprint density at radius 3 is 1.28 bits per heavy atom. The van der Waals surface area contributed by atoms with Gasteiger partial charge in [0, 0.05) is 34.3 Å². The van der Waals surface area contributed by atoms with E-state index < -0.39 is 22.4 Å². The third-order valence-corrected chi connectivity index (χ3v) is 6.82. The molecule has 4 aromatic rings. The van der Waals surface area contributed by atoms with Crippen molar-refractivity contribution in [1.82, 2.24) is 9.97 Å². The number of carbonyl (C=O) groups excluding carboxylic acids is 4. The highest BCUT2D eigenvalue weighted by atomic mass is 16.3. The fraction of sp³-hybridized carbons (Fsp3) is 0.231. The monoisotopic (exact) mass is 494 g/mol. The van der Waals surface area contributed by atoms with Gasteiger partial charge in [0.2, 0.25) is 23.1 Å². The minimum absolute atomic E-state index is 0. The number of H-pyrrole nitrogens is 2. The van der Waals surface area contributed by atoms with Crippen LogP contribution in [-0.4, -0.2) is 54.3 Å². The van der Waals surface area contributed by atoms with Crippen LogP contribution in [0.2, 0.25) is 0 Å². The highest BCUT2D eigenvalue weighted by Gasteiger charge is 2.48. The summed E-state index contributed by atoms with van der Waals surface area (Å²) in [7, 11) is 0. The zero-order valence-electron chi connectivity index (χ0n) is 20.0. The molecule has 2 aliphatic rings. The molecule has 0 saturated carbocycles. The molecule has 10 nitrogen and oxygen atoms in total. The standard InChI is InChI=1S/2C13H11NO3.2H2O/c2*1-13(2)11-9(10(16)12(13)17)7-4-3-6(15)5-8(7)14-11;;/h2*3-5,14-15H,1-2H3;2*1H2. The van der Waals surface area contributed by atoms with Crippen LogP contribution < -0.4 is 0 Å². The van der Waals surface area contributed by atoms with Crippen LogP contribution in [0, 0.1) is 0 Å². The zero-order valence-corrected chi connectivity index (χ0v) is 20.0. The minimum atomic E-state index is -0.805. The van der Waals surface area contributed by atoms with E-state index in [0.29, 0.717) is 44.3 Å². The van der Waals surface area contributed by atoms with Crippen LogP contribution in [0.25, 0.3) is 21.8 Å². The summed E-state index contributed by atoms with van der Waals surface area (Å²) in [4.78, 5) is 53.7. The molecule has 0 amide bonds. The number of nitrogens with one attached hydrogen (secondary N) is 2. The van der Waals surface area contributed by atoms with Gasteiger partial charge >= 0.3 is 0 Å². The van der Waals surface area contributed by atoms with Crippen molar-refractivity contribution < 1.29 is 40.3 Å². The van der Waals surface area contributed by atoms with Gasteiger partial charge in [-0.05, 0) is 52.0 Å². The molecule has 8 N–H and O–H groups in total. The fourth-order valence-corrected chi connectivity index (χ4v) is 4.80. The van der Waals surface area contributed by atoms with Gasteiger partial charge in [-0.1, -0.05) is 0 Å². The van der Waals surface area contributed by atoms with Crippen LogP contribution in [0.1, 0.15) is 59.8 Å². The van der Waals surface area contributed by atoms with Crippen LogP contribution >= 0.6 is 0 Å². The Labute approximate surface area is 204 Å². The second-order valence-electron chi connectivity index (χ2n) is 9.78. The van der Waals surface area contributed by atoms with Gasteiger partial charge in [-0.15, -0.1) is 0 Å². The van der Waals surface area contributed by atoms with Crippen LogP contribution in [0.5, 0.6) is 11.5 Å². The molecule has 2 aromatic heterocycles. The van der Waals surface area contributed by atoms with E-state index in [1.54, 1.807) is 52.0 Å². The van der Waals surface area contributed by atoms with Crippen LogP contribution in [0.3, 0.4) is 0 Å². The number of phenols is 2. The number of hydrogen-bond donors (Lipinski definition) is 4. The van der Waals surface area contributed by atoms with E-state index in [-0.39, 0.29) is 34.0 Å². The normalized spacial score (nSPS) is 16.8. The number of phenolic OH excluding ortho intramolecular Hbond substituents is 2. The van der Waals surface area contributed by atoms with Crippen LogP contribution in [-0.2, 0) is 20.4 Å². The molecule has 0 unspecified atom stereocenters. The van der Waals surface area contributed by atoms with E-state index in [1.165, 1.54) is 12.1 Å². The molecule has 2 aromatic carbocycles. The Morgan fingerprint density at radius 1 is 0.611 bits per heavy atom. The van der Waals surface area contributed by atoms with Gasteiger partial charge in [0.1, 0.15) is 11.5 Å². The first-order valence-corrected chi connectivity index (χ1v) is 10.7. The molecule has 6 rings (SSSR count). The largest absolute Gasteiger partial charge is 0.508 e. The van der Waals surface area contributed by atoms with Crippen molar-refractivity contribution in [2.75, 3.05) is 0 Å². The average Bonchev–Trinajstić information content (AvgIpc) is 3.43. The van der Waals surface area contributed by atoms with Crippen molar-refractivity contribution in [2.24, 2.45) is 0 Å². The first kappa shape index (κ1) is 26.3. The zero-order chi connectivity index (χ0) is 24.7. The van der Waals surface area contributed by atoms with E-state index in [9.17, 15) is 29.4 Å². The lowest BCUT2D eigenvalue weighted by molar-refractivity contribution is -0.119. The predicted molar refractivity (Wildman–Crippen MR) is 132 cm³/mol. The number of fused-ring (bicyclic) bond motifs is 6. The van der Waals surface area contributed by atoms with Crippen molar-refractivity contribution in [3.05, 3.63) is 58.9 Å². The Bertz CT molecular complexity index is 1480. The molecule has 0 spiro atoms. The smallest absolute Gasteiger partial charge is 0.232 e. The van der Waals surface area contributed by atoms with Crippen molar-refractivity contribution in [3.8, 4) is 11.5 Å². The maximum Gasteiger partial charge on any atom is 0.232 e. The quantitative estimate of drug-likeness (QED) is 0.269. The van der Waals surface area contributed by atoms with Crippen LogP contribution in [0.4, 0.5) is 0 Å². The molecule has 36 heavy (non-hydrogen) atoms. The number of aromatic amines is 2. The van der Waals surface area contributed by atoms with Crippen molar-refractivity contribution in [2.45, 2.75) is 38.5 Å². The first-order valence-electron chi connectivity index (χ1n) is 10.7. The predicted octanol–water partition coefficient (Wildman–Crippen LogP) is 2.18. The lowest BCUT2D eigenvalue weighted by Crippen LogP contribution is -2.27. The number of rotatable bonds is 0. The number of carbonyl (C=O) groups is 4. The van der Waals surface area contributed by atoms with Gasteiger partial charge in [-0.2, -0.15) is 0 Å². The van der Waals surface area contributed by atoms with Gasteiger partial charge in [0.25, 0.3) is 0 Å². The second-order valence-corrected chi connectivity index (χ2v) is 9.78. The SMILES string of the molecule is CC1(C)C(=O)C(=O)c2c1[nH]c1cc(O)ccc21.CC1(C)C(=O)C(=O)c2c1[nH]c1cc(O)ccc21.O.O. The molecule has 10 heteroatoms. The number of Topliss-reactive ketones (excluding diaryl/α,β-unsaturated/α-hetero) is 4. The maximum absolute atomic E-state index is 11.9. The lowest BCUT2D eigenvalue weighted by atomic mass is 9.89. The summed E-state index contributed by atoms with van der Waals surface area (Å²) in [5.41, 5.74) is 1.96. The summed E-state index contributed by atoms with van der Waals surface area (Å²) in [6, 6.07) is 9.46. The van der Waals surface area contributed by atoms with Gasteiger partial charge in [-0.25, -0.2) is 0 Å². The van der Waals surface area contributed by atoms with Crippen molar-refractivity contribution >= 4 is 44.9 Å². The van der Waals surface area contributed by atoms with Gasteiger partial charge in [0.15, 0.2) is 0 Å². The molecule has 0 aliphatic heterocycles. The van der Waals surface area contributed by atoms with Gasteiger partial charge in [-0.3, -0.25) is 19.2 Å². The number of aromatic nitrogens is 2. The lowest BCUT2D eigenvalue weighted by Gasteiger charge is -2.13.